The van der Waals surface area contributed by atoms with Crippen LogP contribution < -0.4 is 37.2 Å². The van der Waals surface area contributed by atoms with Crippen LogP contribution >= 0.6 is 0 Å². The van der Waals surface area contributed by atoms with Gasteiger partial charge in [-0.15, -0.1) is 0 Å². The van der Waals surface area contributed by atoms with Crippen LogP contribution in [0.3, 0.4) is 0 Å². The van der Waals surface area contributed by atoms with Crippen molar-refractivity contribution in [3.05, 3.63) is 0 Å². The van der Waals surface area contributed by atoms with E-state index in [9.17, 15) is 58.8 Å². The third-order valence-corrected chi connectivity index (χ3v) is 14.7. The molecule has 0 spiro atoms. The summed E-state index contributed by atoms with van der Waals surface area (Å²) in [6.45, 7) is 6.45. The Labute approximate surface area is 487 Å². The van der Waals surface area contributed by atoms with Crippen molar-refractivity contribution in [3.63, 3.8) is 0 Å². The van der Waals surface area contributed by atoms with Gasteiger partial charge in [-0.1, -0.05) is 38.5 Å². The Morgan fingerprint density at radius 1 is 0.446 bits per heavy atom. The second kappa shape index (κ2) is 39.2. The van der Waals surface area contributed by atoms with E-state index in [1.165, 1.54) is 13.8 Å². The highest BCUT2D eigenvalue weighted by molar-refractivity contribution is 5.78. The standard InChI is InChI=1S/C56H97N7O20/c1-38(64)18-10-8-6-4-5-7-9-11-21-46(71)63-41(32-76-30-22-44(69)59-26-16-24-57-42(67)19-12-14-28-78-34-55-36-80-53(82-55)47(61-39(2)65)49(72)51(55)74)33-77-31-23-45(70)60-27-17-25-58-43(68)20-13-15-29-79-35-56-37-81-54(83-56)48(62-40(3)66)50(73)52(56)75/h41,47-54,72-75H,4-37H2,1-3H3,(H,57,67)(H,58,68)(H,59,69)(H,60,70)(H,61,65)(H,62,66)(H,63,71)/t47-,48-,49-,50-,51-,52-,53+,54+,55+,56+/m1/s1. The number of carbonyl (C=O) groups is 8. The summed E-state index contributed by atoms with van der Waals surface area (Å²) in [5, 5.41) is 61.8. The van der Waals surface area contributed by atoms with E-state index in [-0.39, 0.29) is 139 Å². The minimum atomic E-state index is -1.33. The Hall–Kier alpha value is -4.52. The van der Waals surface area contributed by atoms with Crippen molar-refractivity contribution in [1.82, 2.24) is 37.2 Å². The summed E-state index contributed by atoms with van der Waals surface area (Å²) >= 11 is 0. The van der Waals surface area contributed by atoms with Gasteiger partial charge in [0.05, 0.1) is 58.9 Å². The Morgan fingerprint density at radius 2 is 0.807 bits per heavy atom. The topological polar surface area (TPSA) is 376 Å². The number of fused-ring (bicyclic) bond motifs is 4. The maximum atomic E-state index is 12.9. The fourth-order valence-corrected chi connectivity index (χ4v) is 9.99. The van der Waals surface area contributed by atoms with Crippen LogP contribution in [0, 0.1) is 0 Å². The van der Waals surface area contributed by atoms with Crippen molar-refractivity contribution >= 4 is 47.1 Å². The van der Waals surface area contributed by atoms with Crippen molar-refractivity contribution in [1.29, 1.82) is 0 Å². The number of Topliss-reactive ketones (excluding diaryl/α,β-unsaturated/α-hetero) is 1. The van der Waals surface area contributed by atoms with E-state index in [0.29, 0.717) is 77.5 Å². The average Bonchev–Trinajstić information content (AvgIpc) is 3.54. The minimum absolute atomic E-state index is 0.00711. The number of amides is 7. The summed E-state index contributed by atoms with van der Waals surface area (Å²) in [5.41, 5.74) is -2.51. The first-order valence-corrected chi connectivity index (χ1v) is 29.9. The molecule has 0 radical (unpaired) electrons. The lowest BCUT2D eigenvalue weighted by molar-refractivity contribution is -0.237. The number of aliphatic hydroxyl groups excluding tert-OH is 4. The first-order chi connectivity index (χ1) is 39.8. The molecule has 10 atom stereocenters. The number of hydrogen-bond acceptors (Lipinski definition) is 20. The maximum Gasteiger partial charge on any atom is 0.222 e. The van der Waals surface area contributed by atoms with E-state index in [1.807, 2.05) is 0 Å². The molecule has 11 N–H and O–H groups in total. The van der Waals surface area contributed by atoms with E-state index in [1.54, 1.807) is 6.92 Å². The quantitative estimate of drug-likeness (QED) is 0.0329. The number of aliphatic hydroxyl groups is 4. The summed E-state index contributed by atoms with van der Waals surface area (Å²) in [6.07, 6.45) is 5.72. The highest BCUT2D eigenvalue weighted by Gasteiger charge is 2.61. The van der Waals surface area contributed by atoms with Crippen LogP contribution in [0.15, 0.2) is 0 Å². The molecule has 4 aliphatic rings. The number of carbonyl (C=O) groups excluding carboxylic acids is 8. The summed E-state index contributed by atoms with van der Waals surface area (Å²) in [4.78, 5) is 96.9. The van der Waals surface area contributed by atoms with Gasteiger partial charge < -0.3 is 100 Å². The Kier molecular flexibility index (Phi) is 33.5. The molecule has 4 bridgehead atoms. The zero-order chi connectivity index (χ0) is 60.5. The molecular weight excluding hydrogens is 1090 g/mol. The van der Waals surface area contributed by atoms with Gasteiger partial charge in [-0.3, -0.25) is 33.6 Å². The molecular formula is C56H97N7O20. The fraction of sp³-hybridized carbons (Fsp3) is 0.857. The molecule has 4 aliphatic heterocycles. The van der Waals surface area contributed by atoms with Crippen molar-refractivity contribution in [2.45, 2.75) is 216 Å². The molecule has 4 saturated heterocycles. The van der Waals surface area contributed by atoms with Gasteiger partial charge in [0, 0.05) is 91.8 Å². The van der Waals surface area contributed by atoms with Crippen LogP contribution in [0.5, 0.6) is 0 Å². The van der Waals surface area contributed by atoms with E-state index in [4.69, 9.17) is 37.9 Å². The summed E-state index contributed by atoms with van der Waals surface area (Å²) in [5.74, 6) is -1.47. The van der Waals surface area contributed by atoms with E-state index in [0.717, 1.165) is 51.4 Å². The van der Waals surface area contributed by atoms with Gasteiger partial charge in [-0.05, 0) is 58.3 Å². The van der Waals surface area contributed by atoms with Crippen LogP contribution in [-0.4, -0.2) is 226 Å². The third-order valence-electron chi connectivity index (χ3n) is 14.7. The molecule has 4 fully saturated rings. The Bertz CT molecular complexity index is 1880. The van der Waals surface area contributed by atoms with Gasteiger partial charge >= 0.3 is 0 Å². The van der Waals surface area contributed by atoms with Gasteiger partial charge in [-0.2, -0.15) is 0 Å². The summed E-state index contributed by atoms with van der Waals surface area (Å²) in [6, 6.07) is -2.33. The predicted molar refractivity (Wildman–Crippen MR) is 297 cm³/mol. The first-order valence-electron chi connectivity index (χ1n) is 29.9. The van der Waals surface area contributed by atoms with Crippen molar-refractivity contribution < 1.29 is 96.7 Å². The van der Waals surface area contributed by atoms with Crippen LogP contribution in [0.1, 0.15) is 149 Å². The molecule has 4 rings (SSSR count). The molecule has 4 heterocycles. The average molecular weight is 1190 g/mol. The van der Waals surface area contributed by atoms with Crippen molar-refractivity contribution in [3.8, 4) is 0 Å². The largest absolute Gasteiger partial charge is 0.388 e. The van der Waals surface area contributed by atoms with Gasteiger partial charge in [0.2, 0.25) is 41.4 Å². The van der Waals surface area contributed by atoms with Gasteiger partial charge in [0.25, 0.3) is 0 Å². The Balaban J connectivity index is 1.01. The molecule has 0 aromatic carbocycles. The number of unbranched alkanes of at least 4 members (excludes halogenated alkanes) is 9. The molecule has 0 aromatic heterocycles. The van der Waals surface area contributed by atoms with Crippen molar-refractivity contribution in [2.24, 2.45) is 0 Å². The zero-order valence-corrected chi connectivity index (χ0v) is 49.1. The second-order valence-corrected chi connectivity index (χ2v) is 22.1. The molecule has 476 valence electrons. The zero-order valence-electron chi connectivity index (χ0n) is 49.1. The predicted octanol–water partition coefficient (Wildman–Crippen LogP) is -0.903. The van der Waals surface area contributed by atoms with E-state index < -0.39 is 66.3 Å². The van der Waals surface area contributed by atoms with Crippen LogP contribution in [0.4, 0.5) is 0 Å². The molecule has 83 heavy (non-hydrogen) atoms. The van der Waals surface area contributed by atoms with Crippen molar-refractivity contribution in [2.75, 3.05) is 92.2 Å². The van der Waals surface area contributed by atoms with Gasteiger partial charge in [0.1, 0.15) is 53.5 Å². The highest BCUT2D eigenvalue weighted by atomic mass is 16.8. The lowest BCUT2D eigenvalue weighted by Crippen LogP contribution is -2.66. The summed E-state index contributed by atoms with van der Waals surface area (Å²) < 4.78 is 45.8. The number of nitrogens with one attached hydrogen (secondary N) is 7. The third kappa shape index (κ3) is 26.7. The van der Waals surface area contributed by atoms with Gasteiger partial charge in [-0.25, -0.2) is 0 Å². The molecule has 27 nitrogen and oxygen atoms in total. The van der Waals surface area contributed by atoms with Crippen LogP contribution in [0.25, 0.3) is 0 Å². The lowest BCUT2D eigenvalue weighted by atomic mass is 9.88. The fourth-order valence-electron chi connectivity index (χ4n) is 9.99. The molecule has 0 aromatic rings. The maximum absolute atomic E-state index is 12.9. The highest BCUT2D eigenvalue weighted by Crippen LogP contribution is 2.38. The van der Waals surface area contributed by atoms with Crippen LogP contribution in [-0.2, 0) is 76.3 Å². The number of ether oxygens (including phenoxy) is 8. The number of rotatable bonds is 46. The second-order valence-electron chi connectivity index (χ2n) is 22.1. The molecule has 0 saturated carbocycles. The lowest BCUT2D eigenvalue weighted by Gasteiger charge is -2.42. The monoisotopic (exact) mass is 1190 g/mol. The number of hydrogen-bond donors (Lipinski definition) is 11. The van der Waals surface area contributed by atoms with E-state index in [2.05, 4.69) is 37.2 Å². The normalized spacial score (nSPS) is 25.2. The molecule has 0 aliphatic carbocycles. The number of ketones is 1. The van der Waals surface area contributed by atoms with E-state index >= 15 is 0 Å². The Morgan fingerprint density at radius 3 is 1.20 bits per heavy atom. The SMILES string of the molecule is CC(=O)CCCCCCCCCCC(=O)NC(COCCC(=O)NCCCNC(=O)CCCCOC[C@@]12CO[C@@H](O1)[C@H](NC(C)=O)[C@@H](O)[C@H]2O)COCCC(=O)NCCCNC(=O)CCCCOC[C@@]12CO[C@@H](O1)[C@H](NC(C)=O)[C@@H](O)[C@H]2O. The first kappa shape index (κ1) is 71.0. The smallest absolute Gasteiger partial charge is 0.222 e. The molecule has 0 unspecified atom stereocenters. The summed E-state index contributed by atoms with van der Waals surface area (Å²) in [7, 11) is 0. The van der Waals surface area contributed by atoms with Gasteiger partial charge in [0.15, 0.2) is 12.6 Å². The minimum Gasteiger partial charge on any atom is -0.388 e. The molecule has 7 amide bonds. The molecule has 27 heteroatoms. The van der Waals surface area contributed by atoms with Crippen LogP contribution in [0.2, 0.25) is 0 Å².